The first-order valence-electron chi connectivity index (χ1n) is 20.9. The van der Waals surface area contributed by atoms with E-state index >= 15 is 0 Å². The van der Waals surface area contributed by atoms with Gasteiger partial charge in [0.2, 0.25) is 0 Å². The maximum absolute atomic E-state index is 12.6. The van der Waals surface area contributed by atoms with Gasteiger partial charge in [-0.25, -0.2) is 4.57 Å². The Labute approximate surface area is 324 Å². The van der Waals surface area contributed by atoms with E-state index in [-0.39, 0.29) is 32.0 Å². The Morgan fingerprint density at radius 3 is 1.60 bits per heavy atom. The van der Waals surface area contributed by atoms with Crippen LogP contribution in [0.15, 0.2) is 48.6 Å². The summed E-state index contributed by atoms with van der Waals surface area (Å²) in [6, 6.07) is 0. The van der Waals surface area contributed by atoms with Crippen molar-refractivity contribution in [3.8, 4) is 0 Å². The van der Waals surface area contributed by atoms with E-state index in [1.54, 1.807) is 0 Å². The maximum Gasteiger partial charge on any atom is 0.472 e. The van der Waals surface area contributed by atoms with E-state index in [9.17, 15) is 19.0 Å². The topological polar surface area (TPSA) is 108 Å². The van der Waals surface area contributed by atoms with Crippen molar-refractivity contribution < 1.29 is 42.1 Å². The van der Waals surface area contributed by atoms with Crippen LogP contribution in [0.1, 0.15) is 162 Å². The lowest BCUT2D eigenvalue weighted by atomic mass is 10.0. The van der Waals surface area contributed by atoms with Crippen LogP contribution in [0.3, 0.4) is 0 Å². The number of unbranched alkanes of at least 4 members (excludes halogenated alkanes) is 15. The highest BCUT2D eigenvalue weighted by atomic mass is 31.2. The summed E-state index contributed by atoms with van der Waals surface area (Å²) in [4.78, 5) is 35.3. The molecule has 0 fully saturated rings. The third-order valence-corrected chi connectivity index (χ3v) is 9.61. The van der Waals surface area contributed by atoms with Crippen LogP contribution < -0.4 is 0 Å². The number of ether oxygens (including phenoxy) is 2. The third-order valence-electron chi connectivity index (χ3n) is 8.62. The van der Waals surface area contributed by atoms with E-state index in [2.05, 4.69) is 62.5 Å². The predicted molar refractivity (Wildman–Crippen MR) is 220 cm³/mol. The molecule has 0 aromatic heterocycles. The van der Waals surface area contributed by atoms with E-state index in [0.717, 1.165) is 57.8 Å². The largest absolute Gasteiger partial charge is 0.472 e. The molecule has 10 heteroatoms. The average molecular weight is 769 g/mol. The Morgan fingerprint density at radius 1 is 0.604 bits per heavy atom. The van der Waals surface area contributed by atoms with Crippen molar-refractivity contribution in [1.82, 2.24) is 0 Å². The zero-order chi connectivity index (χ0) is 39.3. The van der Waals surface area contributed by atoms with Crippen molar-refractivity contribution in [2.24, 2.45) is 0 Å². The second-order valence-electron chi connectivity index (χ2n) is 15.0. The molecule has 0 radical (unpaired) electrons. The highest BCUT2D eigenvalue weighted by molar-refractivity contribution is 7.47. The molecule has 0 heterocycles. The van der Waals surface area contributed by atoms with Crippen molar-refractivity contribution in [2.75, 3.05) is 47.5 Å². The SMILES string of the molecule is CC/C=C\C/C=C\C/C=C\C/C=C\CCCCC(=O)OC(COC(=O)CCCCCCCCCCCCCCCC)COP(=O)(O)OCC[N+](C)(C)C. The Morgan fingerprint density at radius 2 is 1.08 bits per heavy atom. The minimum absolute atomic E-state index is 0.0230. The van der Waals surface area contributed by atoms with Gasteiger partial charge in [0.1, 0.15) is 19.8 Å². The maximum atomic E-state index is 12.6. The molecule has 2 unspecified atom stereocenters. The first kappa shape index (κ1) is 51.0. The number of esters is 2. The lowest BCUT2D eigenvalue weighted by molar-refractivity contribution is -0.870. The second kappa shape index (κ2) is 35.7. The van der Waals surface area contributed by atoms with Crippen molar-refractivity contribution in [3.05, 3.63) is 48.6 Å². The van der Waals surface area contributed by atoms with Crippen LogP contribution >= 0.6 is 7.82 Å². The Hall–Kier alpha value is -2.03. The molecule has 0 spiro atoms. The third kappa shape index (κ3) is 39.5. The van der Waals surface area contributed by atoms with E-state index < -0.39 is 26.5 Å². The number of rotatable bonds is 37. The second-order valence-corrected chi connectivity index (χ2v) is 16.5. The number of quaternary nitrogens is 1. The molecular formula is C43H79NO8P+. The van der Waals surface area contributed by atoms with Gasteiger partial charge >= 0.3 is 19.8 Å². The van der Waals surface area contributed by atoms with Crippen molar-refractivity contribution in [1.29, 1.82) is 0 Å². The molecule has 1 N–H and O–H groups in total. The van der Waals surface area contributed by atoms with Gasteiger partial charge in [-0.2, -0.15) is 0 Å². The van der Waals surface area contributed by atoms with Gasteiger partial charge in [-0.05, 0) is 51.4 Å². The van der Waals surface area contributed by atoms with E-state index in [4.69, 9.17) is 18.5 Å². The van der Waals surface area contributed by atoms with Gasteiger partial charge in [-0.15, -0.1) is 0 Å². The molecule has 0 bridgehead atoms. The van der Waals surface area contributed by atoms with Gasteiger partial charge < -0.3 is 18.9 Å². The van der Waals surface area contributed by atoms with E-state index in [1.165, 1.54) is 70.6 Å². The zero-order valence-electron chi connectivity index (χ0n) is 34.5. The van der Waals surface area contributed by atoms with Gasteiger partial charge in [0.15, 0.2) is 6.10 Å². The fourth-order valence-electron chi connectivity index (χ4n) is 5.36. The van der Waals surface area contributed by atoms with Crippen LogP contribution in [0.5, 0.6) is 0 Å². The van der Waals surface area contributed by atoms with Gasteiger partial charge in [-0.3, -0.25) is 18.6 Å². The number of phosphoric acid groups is 1. The molecule has 2 atom stereocenters. The van der Waals surface area contributed by atoms with Crippen molar-refractivity contribution in [2.45, 2.75) is 168 Å². The van der Waals surface area contributed by atoms with Gasteiger partial charge in [0, 0.05) is 12.8 Å². The lowest BCUT2D eigenvalue weighted by Crippen LogP contribution is -2.37. The average Bonchev–Trinajstić information content (AvgIpc) is 3.10. The predicted octanol–water partition coefficient (Wildman–Crippen LogP) is 11.5. The van der Waals surface area contributed by atoms with Crippen LogP contribution in [-0.4, -0.2) is 74.9 Å². The van der Waals surface area contributed by atoms with E-state index in [0.29, 0.717) is 17.4 Å². The summed E-state index contributed by atoms with van der Waals surface area (Å²) < 4.78 is 34.2. The zero-order valence-corrected chi connectivity index (χ0v) is 35.4. The van der Waals surface area contributed by atoms with Crippen LogP contribution in [0.4, 0.5) is 0 Å². The number of likely N-dealkylation sites (N-methyl/N-ethyl adjacent to an activating group) is 1. The number of nitrogens with zero attached hydrogens (tertiary/aromatic N) is 1. The van der Waals surface area contributed by atoms with Gasteiger partial charge in [0.25, 0.3) is 0 Å². The molecule has 0 aliphatic heterocycles. The highest BCUT2D eigenvalue weighted by Gasteiger charge is 2.27. The summed E-state index contributed by atoms with van der Waals surface area (Å²) in [6.07, 6.45) is 40.2. The Balaban J connectivity index is 4.46. The molecule has 0 rings (SSSR count). The molecule has 0 saturated heterocycles. The molecule has 0 amide bonds. The molecular weight excluding hydrogens is 689 g/mol. The minimum Gasteiger partial charge on any atom is -0.462 e. The van der Waals surface area contributed by atoms with Crippen LogP contribution in [-0.2, 0) is 32.7 Å². The van der Waals surface area contributed by atoms with Crippen LogP contribution in [0, 0.1) is 0 Å². The normalized spacial score (nSPS) is 14.2. The fourth-order valence-corrected chi connectivity index (χ4v) is 6.10. The van der Waals surface area contributed by atoms with E-state index in [1.807, 2.05) is 21.1 Å². The molecule has 9 nitrogen and oxygen atoms in total. The quantitative estimate of drug-likeness (QED) is 0.0219. The minimum atomic E-state index is -4.38. The Bertz CT molecular complexity index is 1050. The smallest absolute Gasteiger partial charge is 0.462 e. The molecule has 308 valence electrons. The van der Waals surface area contributed by atoms with Gasteiger partial charge in [0.05, 0.1) is 27.7 Å². The van der Waals surface area contributed by atoms with Crippen LogP contribution in [0.25, 0.3) is 0 Å². The molecule has 53 heavy (non-hydrogen) atoms. The summed E-state index contributed by atoms with van der Waals surface area (Å²) in [5.74, 6) is -0.847. The van der Waals surface area contributed by atoms with Crippen molar-refractivity contribution in [3.63, 3.8) is 0 Å². The molecule has 0 aliphatic carbocycles. The lowest BCUT2D eigenvalue weighted by Gasteiger charge is -2.24. The molecule has 0 saturated carbocycles. The summed E-state index contributed by atoms with van der Waals surface area (Å²) in [6.45, 7) is 4.25. The monoisotopic (exact) mass is 769 g/mol. The Kier molecular flexibility index (Phi) is 34.3. The summed E-state index contributed by atoms with van der Waals surface area (Å²) >= 11 is 0. The number of hydrogen-bond donors (Lipinski definition) is 1. The highest BCUT2D eigenvalue weighted by Crippen LogP contribution is 2.43. The van der Waals surface area contributed by atoms with Gasteiger partial charge in [-0.1, -0.05) is 146 Å². The number of carbonyl (C=O) groups excluding carboxylic acids is 2. The van der Waals surface area contributed by atoms with Crippen LogP contribution in [0.2, 0.25) is 0 Å². The number of phosphoric ester groups is 1. The number of hydrogen-bond acceptors (Lipinski definition) is 7. The fraction of sp³-hybridized carbons (Fsp3) is 0.767. The summed E-state index contributed by atoms with van der Waals surface area (Å²) in [5.41, 5.74) is 0. The standard InChI is InChI=1S/C43H78NO8P/c1-6-8-10-12-14-16-18-20-22-24-26-28-30-32-34-36-43(46)52-41(40-51-53(47,48)50-38-37-44(3,4)5)39-49-42(45)35-33-31-29-27-25-23-21-19-17-15-13-11-9-7-2/h8,10,14,16,20,22,26,28,41H,6-7,9,11-13,15,17-19,21,23-25,27,29-40H2,1-5H3/p+1/b10-8-,16-14-,22-20-,28-26-. The molecule has 0 aromatic rings. The number of carbonyl (C=O) groups is 2. The summed E-state index contributed by atoms with van der Waals surface area (Å²) in [7, 11) is 1.45. The number of allylic oxidation sites excluding steroid dienone is 8. The molecule has 0 aliphatic rings. The first-order chi connectivity index (χ1) is 25.5. The summed E-state index contributed by atoms with van der Waals surface area (Å²) in [5, 5.41) is 0. The van der Waals surface area contributed by atoms with Crippen molar-refractivity contribution >= 4 is 19.8 Å². The first-order valence-corrected chi connectivity index (χ1v) is 22.4. The molecule has 0 aromatic carbocycles.